The van der Waals surface area contributed by atoms with Crippen LogP contribution in [-0.2, 0) is 33.4 Å². The number of rotatable bonds is 11. The van der Waals surface area contributed by atoms with E-state index in [1.54, 1.807) is 44.2 Å². The lowest BCUT2D eigenvalue weighted by Gasteiger charge is -2.44. The zero-order chi connectivity index (χ0) is 25.8. The first kappa shape index (κ1) is 26.5. The molecule has 2 fully saturated rings. The third kappa shape index (κ3) is 6.12. The van der Waals surface area contributed by atoms with Gasteiger partial charge in [-0.3, -0.25) is 19.2 Å². The van der Waals surface area contributed by atoms with Crippen LogP contribution in [0.15, 0.2) is 30.3 Å². The predicted molar refractivity (Wildman–Crippen MR) is 125 cm³/mol. The molecule has 1 aromatic carbocycles. The van der Waals surface area contributed by atoms with Crippen molar-refractivity contribution < 1.29 is 38.6 Å². The van der Waals surface area contributed by atoms with E-state index in [2.05, 4.69) is 5.32 Å². The van der Waals surface area contributed by atoms with Gasteiger partial charge in [-0.1, -0.05) is 30.3 Å². The molecule has 4 N–H and O–H groups in total. The molecule has 0 aromatic heterocycles. The van der Waals surface area contributed by atoms with Crippen molar-refractivity contribution in [2.45, 2.75) is 67.8 Å². The van der Waals surface area contributed by atoms with Crippen LogP contribution in [0.4, 0.5) is 0 Å². The van der Waals surface area contributed by atoms with Gasteiger partial charge in [0.15, 0.2) is 0 Å². The quantitative estimate of drug-likeness (QED) is 0.170. The van der Waals surface area contributed by atoms with Gasteiger partial charge in [0.25, 0.3) is 0 Å². The molecule has 0 aliphatic carbocycles. The van der Waals surface area contributed by atoms with Crippen molar-refractivity contribution in [3.63, 3.8) is 0 Å². The number of nitrogens with one attached hydrogen (secondary N) is 1. The van der Waals surface area contributed by atoms with Gasteiger partial charge in [0.2, 0.25) is 18.6 Å². The summed E-state index contributed by atoms with van der Waals surface area (Å²) in [5, 5.41) is 10.8. The number of nitrogens with two attached hydrogens (primary N) is 1. The number of thioether (sulfide) groups is 1. The number of hydrogen-bond acceptors (Lipinski definition) is 9. The number of carbonyl (C=O) groups is 5. The maximum absolute atomic E-state index is 12.8. The van der Waals surface area contributed by atoms with E-state index in [0.717, 1.165) is 0 Å². The molecule has 190 valence electrons. The highest BCUT2D eigenvalue weighted by Crippen LogP contribution is 2.51. The van der Waals surface area contributed by atoms with Gasteiger partial charge in [0.05, 0.1) is 0 Å². The molecule has 4 atom stereocenters. The van der Waals surface area contributed by atoms with E-state index in [0.29, 0.717) is 18.4 Å². The molecule has 1 unspecified atom stereocenters. The molecule has 11 nitrogen and oxygen atoms in total. The van der Waals surface area contributed by atoms with Crippen molar-refractivity contribution in [3.8, 4) is 0 Å². The minimum atomic E-state index is -0.941. The number of benzene rings is 1. The Balaban J connectivity index is 1.50. The van der Waals surface area contributed by atoms with E-state index in [1.807, 2.05) is 0 Å². The minimum absolute atomic E-state index is 0.00872. The number of carbonyl (C=O) groups excluding carboxylic acids is 4. The molecule has 0 bridgehead atoms. The molecule has 12 heteroatoms. The zero-order valence-electron chi connectivity index (χ0n) is 19.5. The molecule has 0 radical (unpaired) electrons. The molecule has 35 heavy (non-hydrogen) atoms. The van der Waals surface area contributed by atoms with E-state index < -0.39 is 64.8 Å². The molecule has 2 heterocycles. The lowest BCUT2D eigenvalue weighted by Crippen LogP contribution is -2.71. The van der Waals surface area contributed by atoms with Gasteiger partial charge in [-0.15, -0.1) is 11.8 Å². The number of fused-ring (bicyclic) bond motifs is 1. The van der Waals surface area contributed by atoms with Crippen molar-refractivity contribution in [3.05, 3.63) is 35.9 Å². The topological polar surface area (TPSA) is 165 Å². The molecular formula is C23H29N3O8S. The standard InChI is InChI=1S/C23H29N3O8S/c1-23(2)18(22(32)34-12-33-15(29)11-7-6-10-14(27)28)26-20(31)17(21(26)35-23)25-19(30)16(24)13-8-4-3-5-9-13/h3-5,8-9,16-18,21H,6-7,10-12,24H2,1-2H3,(H,25,30)(H,27,28)/t16?,17-,18+,21-/m1/s1. The molecule has 2 aliphatic heterocycles. The van der Waals surface area contributed by atoms with Crippen LogP contribution in [-0.4, -0.2) is 68.7 Å². The molecule has 2 amide bonds. The second-order valence-electron chi connectivity index (χ2n) is 8.83. The van der Waals surface area contributed by atoms with Gasteiger partial charge in [0.1, 0.15) is 23.5 Å². The maximum atomic E-state index is 12.8. The van der Waals surface area contributed by atoms with Gasteiger partial charge in [-0.2, -0.15) is 0 Å². The number of carboxylic acids is 1. The number of unbranched alkanes of at least 4 members (excludes halogenated alkanes) is 1. The zero-order valence-corrected chi connectivity index (χ0v) is 20.3. The van der Waals surface area contributed by atoms with E-state index in [4.69, 9.17) is 20.3 Å². The van der Waals surface area contributed by atoms with E-state index >= 15 is 0 Å². The van der Waals surface area contributed by atoms with Crippen LogP contribution in [0.5, 0.6) is 0 Å². The number of esters is 2. The van der Waals surface area contributed by atoms with Gasteiger partial charge in [-0.25, -0.2) is 4.79 Å². The Bertz CT molecular complexity index is 986. The molecule has 0 spiro atoms. The van der Waals surface area contributed by atoms with Crippen LogP contribution >= 0.6 is 11.8 Å². The number of β-lactam (4-membered cyclic amide) rings is 1. The Hall–Kier alpha value is -3.12. The second-order valence-corrected chi connectivity index (χ2v) is 10.6. The van der Waals surface area contributed by atoms with E-state index in [9.17, 15) is 24.0 Å². The van der Waals surface area contributed by atoms with Crippen LogP contribution in [0.3, 0.4) is 0 Å². The van der Waals surface area contributed by atoms with Crippen LogP contribution in [0.1, 0.15) is 51.1 Å². The van der Waals surface area contributed by atoms with Crippen molar-refractivity contribution in [1.29, 1.82) is 0 Å². The summed E-state index contributed by atoms with van der Waals surface area (Å²) in [4.78, 5) is 61.8. The third-order valence-corrected chi connectivity index (χ3v) is 7.42. The molecular weight excluding hydrogens is 478 g/mol. The summed E-state index contributed by atoms with van der Waals surface area (Å²) in [6.45, 7) is 2.98. The molecule has 0 saturated carbocycles. The normalized spacial score (nSPS) is 23.0. The average Bonchev–Trinajstić information content (AvgIpc) is 3.07. The number of hydrogen-bond donors (Lipinski definition) is 3. The third-order valence-electron chi connectivity index (χ3n) is 5.85. The Morgan fingerprint density at radius 2 is 1.80 bits per heavy atom. The minimum Gasteiger partial charge on any atom is -0.481 e. The van der Waals surface area contributed by atoms with E-state index in [-0.39, 0.29) is 12.8 Å². The number of nitrogens with zero attached hydrogens (tertiary/aromatic N) is 1. The van der Waals surface area contributed by atoms with Crippen molar-refractivity contribution in [2.24, 2.45) is 5.73 Å². The average molecular weight is 508 g/mol. The fourth-order valence-corrected chi connectivity index (χ4v) is 5.65. The number of amides is 2. The smallest absolute Gasteiger partial charge is 0.333 e. The Labute approximate surface area is 206 Å². The second kappa shape index (κ2) is 11.1. The predicted octanol–water partition coefficient (Wildman–Crippen LogP) is 0.922. The van der Waals surface area contributed by atoms with Crippen LogP contribution in [0.2, 0.25) is 0 Å². The van der Waals surface area contributed by atoms with Crippen molar-refractivity contribution in [1.82, 2.24) is 10.2 Å². The highest BCUT2D eigenvalue weighted by Gasteiger charge is 2.64. The Morgan fingerprint density at radius 3 is 2.46 bits per heavy atom. The molecule has 1 aromatic rings. The highest BCUT2D eigenvalue weighted by molar-refractivity contribution is 8.01. The summed E-state index contributed by atoms with van der Waals surface area (Å²) < 4.78 is 9.28. The van der Waals surface area contributed by atoms with Gasteiger partial charge >= 0.3 is 17.9 Å². The molecule has 2 saturated heterocycles. The van der Waals surface area contributed by atoms with Crippen molar-refractivity contribution in [2.75, 3.05) is 6.79 Å². The summed E-state index contributed by atoms with van der Waals surface area (Å²) in [6, 6.07) is 6.11. The lowest BCUT2D eigenvalue weighted by molar-refractivity contribution is -0.176. The Kier molecular flexibility index (Phi) is 8.39. The highest BCUT2D eigenvalue weighted by atomic mass is 32.2. The number of aliphatic carboxylic acids is 1. The summed E-state index contributed by atoms with van der Waals surface area (Å²) in [5.41, 5.74) is 6.64. The lowest BCUT2D eigenvalue weighted by atomic mass is 9.95. The van der Waals surface area contributed by atoms with Crippen LogP contribution in [0, 0.1) is 0 Å². The van der Waals surface area contributed by atoms with Crippen LogP contribution in [0.25, 0.3) is 0 Å². The van der Waals surface area contributed by atoms with Crippen molar-refractivity contribution >= 4 is 41.5 Å². The largest absolute Gasteiger partial charge is 0.481 e. The first-order chi connectivity index (χ1) is 16.5. The fraction of sp³-hybridized carbons (Fsp3) is 0.522. The molecule has 3 rings (SSSR count). The summed E-state index contributed by atoms with van der Waals surface area (Å²) >= 11 is 1.36. The fourth-order valence-electron chi connectivity index (χ4n) is 4.03. The number of ether oxygens (including phenoxy) is 2. The summed E-state index contributed by atoms with van der Waals surface area (Å²) in [7, 11) is 0. The first-order valence-corrected chi connectivity index (χ1v) is 12.1. The maximum Gasteiger partial charge on any atom is 0.333 e. The number of carboxylic acid groups (broad SMARTS) is 1. The van der Waals surface area contributed by atoms with Gasteiger partial charge in [-0.05, 0) is 32.3 Å². The van der Waals surface area contributed by atoms with Gasteiger partial charge < -0.3 is 30.5 Å². The SMILES string of the molecule is CC1(C)S[C@@H]2[C@H](NC(=O)C(N)c3ccccc3)C(=O)N2[C@H]1C(=O)OCOC(=O)CCCCC(=O)O. The monoisotopic (exact) mass is 507 g/mol. The Morgan fingerprint density at radius 1 is 1.14 bits per heavy atom. The first-order valence-electron chi connectivity index (χ1n) is 11.2. The van der Waals surface area contributed by atoms with Gasteiger partial charge in [0, 0.05) is 17.6 Å². The summed E-state index contributed by atoms with van der Waals surface area (Å²) in [5.74, 6) is -3.18. The van der Waals surface area contributed by atoms with Crippen LogP contribution < -0.4 is 11.1 Å². The summed E-state index contributed by atoms with van der Waals surface area (Å²) in [6.07, 6.45) is 0.649. The molecule has 2 aliphatic rings. The van der Waals surface area contributed by atoms with E-state index in [1.165, 1.54) is 16.7 Å².